The summed E-state index contributed by atoms with van der Waals surface area (Å²) in [7, 11) is 0. The van der Waals surface area contributed by atoms with Crippen LogP contribution in [-0.2, 0) is 0 Å². The fraction of sp³-hybridized carbons (Fsp3) is 0. The molecule has 21 heavy (non-hydrogen) atoms. The molecule has 0 spiro atoms. The number of hydrogen-bond donors (Lipinski definition) is 2. The average molecular weight is 280 g/mol. The van der Waals surface area contributed by atoms with E-state index >= 15 is 0 Å². The first-order chi connectivity index (χ1) is 10.1. The van der Waals surface area contributed by atoms with Gasteiger partial charge in [0, 0.05) is 16.6 Å². The van der Waals surface area contributed by atoms with E-state index in [1.54, 1.807) is 24.3 Å². The fourth-order valence-electron chi connectivity index (χ4n) is 2.49. The number of hydrogen-bond acceptors (Lipinski definition) is 2. The van der Waals surface area contributed by atoms with E-state index in [0.717, 1.165) is 10.8 Å². The Kier molecular flexibility index (Phi) is 3.06. The lowest BCUT2D eigenvalue weighted by Crippen LogP contribution is -2.13. The highest BCUT2D eigenvalue weighted by Crippen LogP contribution is 2.34. The predicted molar refractivity (Wildman–Crippen MR) is 82.3 cm³/mol. The van der Waals surface area contributed by atoms with Crippen molar-refractivity contribution in [2.45, 2.75) is 0 Å². The number of nitrogens with two attached hydrogens (primary N) is 2. The zero-order valence-electron chi connectivity index (χ0n) is 11.1. The second kappa shape index (κ2) is 4.90. The maximum absolute atomic E-state index is 14.5. The summed E-state index contributed by atoms with van der Waals surface area (Å²) in [5, 5.41) is 1.68. The second-order valence-corrected chi connectivity index (χ2v) is 4.78. The highest BCUT2D eigenvalue weighted by Gasteiger charge is 2.15. The van der Waals surface area contributed by atoms with Crippen molar-refractivity contribution in [1.29, 1.82) is 0 Å². The monoisotopic (exact) mass is 280 g/mol. The van der Waals surface area contributed by atoms with Crippen LogP contribution in [0.1, 0.15) is 10.4 Å². The summed E-state index contributed by atoms with van der Waals surface area (Å²) in [6.45, 7) is 0. The largest absolute Gasteiger partial charge is 0.398 e. The molecule has 0 saturated heterocycles. The van der Waals surface area contributed by atoms with Gasteiger partial charge < -0.3 is 11.5 Å². The molecule has 4 N–H and O–H groups in total. The van der Waals surface area contributed by atoms with E-state index in [-0.39, 0.29) is 5.56 Å². The Labute approximate surface area is 121 Å². The number of anilines is 1. The van der Waals surface area contributed by atoms with Crippen LogP contribution in [0.5, 0.6) is 0 Å². The molecular weight excluding hydrogens is 267 g/mol. The van der Waals surface area contributed by atoms with Crippen molar-refractivity contribution < 1.29 is 9.18 Å². The van der Waals surface area contributed by atoms with Crippen LogP contribution < -0.4 is 11.5 Å². The van der Waals surface area contributed by atoms with Gasteiger partial charge in [-0.05, 0) is 23.1 Å². The quantitative estimate of drug-likeness (QED) is 0.707. The van der Waals surface area contributed by atoms with E-state index in [1.807, 2.05) is 24.3 Å². The molecule has 3 aromatic carbocycles. The van der Waals surface area contributed by atoms with Crippen LogP contribution in [0, 0.1) is 5.82 Å². The topological polar surface area (TPSA) is 69.1 Å². The molecule has 0 aliphatic heterocycles. The van der Waals surface area contributed by atoms with Crippen molar-refractivity contribution in [2.75, 3.05) is 5.73 Å². The Morgan fingerprint density at radius 1 is 0.857 bits per heavy atom. The van der Waals surface area contributed by atoms with E-state index in [4.69, 9.17) is 11.5 Å². The van der Waals surface area contributed by atoms with E-state index in [1.165, 1.54) is 6.07 Å². The molecule has 3 nitrogen and oxygen atoms in total. The number of fused-ring (bicyclic) bond motifs is 1. The van der Waals surface area contributed by atoms with Gasteiger partial charge in [-0.15, -0.1) is 0 Å². The van der Waals surface area contributed by atoms with E-state index in [2.05, 4.69) is 0 Å². The van der Waals surface area contributed by atoms with E-state index < -0.39 is 11.7 Å². The number of carbonyl (C=O) groups is 1. The summed E-state index contributed by atoms with van der Waals surface area (Å²) in [5.41, 5.74) is 12.7. The normalized spacial score (nSPS) is 10.7. The molecule has 4 heteroatoms. The van der Waals surface area contributed by atoms with Gasteiger partial charge in [0.15, 0.2) is 0 Å². The molecule has 0 saturated carbocycles. The summed E-state index contributed by atoms with van der Waals surface area (Å²) in [6.07, 6.45) is 0. The van der Waals surface area contributed by atoms with Crippen molar-refractivity contribution in [3.05, 3.63) is 66.0 Å². The first kappa shape index (κ1) is 13.1. The third-order valence-electron chi connectivity index (χ3n) is 3.51. The van der Waals surface area contributed by atoms with Crippen molar-refractivity contribution >= 4 is 22.4 Å². The van der Waals surface area contributed by atoms with E-state index in [0.29, 0.717) is 16.8 Å². The van der Waals surface area contributed by atoms with Gasteiger partial charge >= 0.3 is 0 Å². The number of amides is 1. The maximum atomic E-state index is 14.5. The smallest absolute Gasteiger partial charge is 0.251 e. The summed E-state index contributed by atoms with van der Waals surface area (Å²) in [6, 6.07) is 15.6. The molecule has 0 aliphatic carbocycles. The average Bonchev–Trinajstić information content (AvgIpc) is 2.48. The van der Waals surface area contributed by atoms with Gasteiger partial charge in [0.2, 0.25) is 0 Å². The maximum Gasteiger partial charge on any atom is 0.251 e. The van der Waals surface area contributed by atoms with Crippen LogP contribution in [0.15, 0.2) is 54.6 Å². The van der Waals surface area contributed by atoms with Gasteiger partial charge in [-0.25, -0.2) is 4.39 Å². The van der Waals surface area contributed by atoms with Gasteiger partial charge in [0.1, 0.15) is 5.82 Å². The highest BCUT2D eigenvalue weighted by atomic mass is 19.1. The Morgan fingerprint density at radius 2 is 1.57 bits per heavy atom. The zero-order chi connectivity index (χ0) is 15.0. The standard InChI is InChI=1S/C17H13FN2O/c18-16-13(6-3-7-14(16)17(20)21)11-8-9-15(19)12-5-2-1-4-10(11)12/h1-9H,19H2,(H2,20,21). The third kappa shape index (κ3) is 2.10. The minimum Gasteiger partial charge on any atom is -0.398 e. The van der Waals surface area contributed by atoms with Gasteiger partial charge in [-0.1, -0.05) is 42.5 Å². The first-order valence-corrected chi connectivity index (χ1v) is 6.45. The van der Waals surface area contributed by atoms with Crippen molar-refractivity contribution in [1.82, 2.24) is 0 Å². The molecule has 0 heterocycles. The lowest BCUT2D eigenvalue weighted by molar-refractivity contribution is 0.0996. The Bertz CT molecular complexity index is 859. The summed E-state index contributed by atoms with van der Waals surface area (Å²) in [5.74, 6) is -1.39. The molecule has 0 atom stereocenters. The molecule has 0 aliphatic rings. The molecule has 0 unspecified atom stereocenters. The Morgan fingerprint density at radius 3 is 2.29 bits per heavy atom. The number of benzene rings is 3. The predicted octanol–water partition coefficient (Wildman–Crippen LogP) is 3.33. The second-order valence-electron chi connectivity index (χ2n) is 4.78. The molecular formula is C17H13FN2O. The van der Waals surface area contributed by atoms with Crippen LogP contribution >= 0.6 is 0 Å². The number of carbonyl (C=O) groups excluding carboxylic acids is 1. The highest BCUT2D eigenvalue weighted by molar-refractivity contribution is 6.04. The number of nitrogen functional groups attached to an aromatic ring is 1. The molecule has 3 aromatic rings. The van der Waals surface area contributed by atoms with Crippen LogP contribution in [-0.4, -0.2) is 5.91 Å². The van der Waals surface area contributed by atoms with E-state index in [9.17, 15) is 9.18 Å². The number of primary amides is 1. The number of rotatable bonds is 2. The molecule has 0 bridgehead atoms. The lowest BCUT2D eigenvalue weighted by Gasteiger charge is -2.11. The summed E-state index contributed by atoms with van der Waals surface area (Å²) in [4.78, 5) is 11.3. The van der Waals surface area contributed by atoms with Gasteiger partial charge in [-0.2, -0.15) is 0 Å². The van der Waals surface area contributed by atoms with Crippen molar-refractivity contribution in [3.63, 3.8) is 0 Å². The molecule has 0 aromatic heterocycles. The van der Waals surface area contributed by atoms with Crippen LogP contribution in [0.3, 0.4) is 0 Å². The van der Waals surface area contributed by atoms with Crippen LogP contribution in [0.25, 0.3) is 21.9 Å². The minimum atomic E-state index is -0.783. The number of halogens is 1. The fourth-order valence-corrected chi connectivity index (χ4v) is 2.49. The molecule has 3 rings (SSSR count). The first-order valence-electron chi connectivity index (χ1n) is 6.45. The molecule has 0 fully saturated rings. The lowest BCUT2D eigenvalue weighted by atomic mass is 9.95. The Hall–Kier alpha value is -2.88. The Balaban J connectivity index is 2.34. The van der Waals surface area contributed by atoms with Crippen molar-refractivity contribution in [3.8, 4) is 11.1 Å². The molecule has 0 radical (unpaired) electrons. The molecule has 1 amide bonds. The van der Waals surface area contributed by atoms with Crippen LogP contribution in [0.2, 0.25) is 0 Å². The third-order valence-corrected chi connectivity index (χ3v) is 3.51. The summed E-state index contributed by atoms with van der Waals surface area (Å²) < 4.78 is 14.5. The zero-order valence-corrected chi connectivity index (χ0v) is 11.1. The SMILES string of the molecule is NC(=O)c1cccc(-c2ccc(N)c3ccccc23)c1F. The summed E-state index contributed by atoms with van der Waals surface area (Å²) >= 11 is 0. The van der Waals surface area contributed by atoms with Crippen molar-refractivity contribution in [2.24, 2.45) is 5.73 Å². The minimum absolute atomic E-state index is 0.117. The van der Waals surface area contributed by atoms with Gasteiger partial charge in [-0.3, -0.25) is 4.79 Å². The molecule has 104 valence electrons. The van der Waals surface area contributed by atoms with Crippen LogP contribution in [0.4, 0.5) is 10.1 Å². The van der Waals surface area contributed by atoms with Gasteiger partial charge in [0.25, 0.3) is 5.91 Å². The van der Waals surface area contributed by atoms with Gasteiger partial charge in [0.05, 0.1) is 5.56 Å².